The zero-order valence-corrected chi connectivity index (χ0v) is 14.2. The van der Waals surface area contributed by atoms with E-state index >= 15 is 0 Å². The number of anilines is 1. The largest absolute Gasteiger partial charge is 0.462 e. The van der Waals surface area contributed by atoms with Gasteiger partial charge in [-0.15, -0.1) is 0 Å². The van der Waals surface area contributed by atoms with Crippen molar-refractivity contribution in [2.24, 2.45) is 5.92 Å². The van der Waals surface area contributed by atoms with Crippen molar-refractivity contribution in [3.63, 3.8) is 0 Å². The fourth-order valence-electron chi connectivity index (χ4n) is 2.17. The van der Waals surface area contributed by atoms with E-state index in [4.69, 9.17) is 16.3 Å². The van der Waals surface area contributed by atoms with Crippen LogP contribution in [0.25, 0.3) is 0 Å². The molecule has 0 radical (unpaired) electrons. The lowest BCUT2D eigenvalue weighted by Crippen LogP contribution is -2.14. The molecule has 1 rings (SSSR count). The van der Waals surface area contributed by atoms with E-state index in [1.54, 1.807) is 12.1 Å². The van der Waals surface area contributed by atoms with Gasteiger partial charge in [0.1, 0.15) is 0 Å². The van der Waals surface area contributed by atoms with Crippen molar-refractivity contribution in [1.82, 2.24) is 0 Å². The summed E-state index contributed by atoms with van der Waals surface area (Å²) in [5, 5.41) is 0.562. The summed E-state index contributed by atoms with van der Waals surface area (Å²) in [7, 11) is 3.83. The van der Waals surface area contributed by atoms with Gasteiger partial charge < -0.3 is 9.64 Å². The van der Waals surface area contributed by atoms with Crippen molar-refractivity contribution in [1.29, 1.82) is 0 Å². The van der Waals surface area contributed by atoms with Crippen LogP contribution in [-0.2, 0) is 4.74 Å². The Bertz CT molecular complexity index is 460. The zero-order valence-electron chi connectivity index (χ0n) is 13.5. The van der Waals surface area contributed by atoms with E-state index in [2.05, 4.69) is 13.8 Å². The molecule has 0 bridgehead atoms. The Hall–Kier alpha value is -1.22. The summed E-state index contributed by atoms with van der Waals surface area (Å²) in [5.41, 5.74) is 1.40. The molecule has 0 heterocycles. The lowest BCUT2D eigenvalue weighted by molar-refractivity contribution is 0.0428. The fourth-order valence-corrected chi connectivity index (χ4v) is 2.52. The first-order valence-electron chi connectivity index (χ1n) is 7.63. The van der Waals surface area contributed by atoms with Gasteiger partial charge in [-0.25, -0.2) is 4.79 Å². The first-order chi connectivity index (χ1) is 9.99. The summed E-state index contributed by atoms with van der Waals surface area (Å²) >= 11 is 6.18. The van der Waals surface area contributed by atoms with E-state index in [1.165, 1.54) is 12.8 Å². The maximum absolute atomic E-state index is 12.1. The predicted molar refractivity (Wildman–Crippen MR) is 89.4 cm³/mol. The van der Waals surface area contributed by atoms with Gasteiger partial charge in [0.05, 0.1) is 22.9 Å². The number of ether oxygens (including phenoxy) is 1. The van der Waals surface area contributed by atoms with E-state index in [9.17, 15) is 4.79 Å². The minimum atomic E-state index is -0.294. The molecule has 0 aliphatic rings. The van der Waals surface area contributed by atoms with E-state index in [1.807, 2.05) is 25.1 Å². The number of unbranched alkanes of at least 4 members (excludes halogenated alkanes) is 1. The van der Waals surface area contributed by atoms with E-state index in [0.717, 1.165) is 18.5 Å². The molecule has 0 amide bonds. The number of hydrogen-bond acceptors (Lipinski definition) is 3. The number of halogens is 1. The highest BCUT2D eigenvalue weighted by atomic mass is 35.5. The highest BCUT2D eigenvalue weighted by Crippen LogP contribution is 2.25. The van der Waals surface area contributed by atoms with Crippen LogP contribution in [-0.4, -0.2) is 26.7 Å². The smallest absolute Gasteiger partial charge is 0.338 e. The Morgan fingerprint density at radius 1 is 1.33 bits per heavy atom. The molecule has 0 aliphatic heterocycles. The maximum atomic E-state index is 12.1. The SMILES string of the molecule is CCCCC(CC)COC(=O)c1ccc(N(C)C)c(Cl)c1. The van der Waals surface area contributed by atoms with E-state index < -0.39 is 0 Å². The van der Waals surface area contributed by atoms with Crippen molar-refractivity contribution >= 4 is 23.3 Å². The first-order valence-corrected chi connectivity index (χ1v) is 8.01. The van der Waals surface area contributed by atoms with Crippen molar-refractivity contribution in [3.05, 3.63) is 28.8 Å². The molecule has 1 atom stereocenters. The first kappa shape index (κ1) is 17.8. The quantitative estimate of drug-likeness (QED) is 0.647. The summed E-state index contributed by atoms with van der Waals surface area (Å²) in [5.74, 6) is 0.155. The Labute approximate surface area is 133 Å². The lowest BCUT2D eigenvalue weighted by Gasteiger charge is -2.16. The number of carbonyl (C=O) groups is 1. The maximum Gasteiger partial charge on any atom is 0.338 e. The highest BCUT2D eigenvalue weighted by Gasteiger charge is 2.13. The summed E-state index contributed by atoms with van der Waals surface area (Å²) in [6, 6.07) is 5.27. The molecule has 1 aromatic rings. The molecule has 0 saturated carbocycles. The minimum absolute atomic E-state index is 0.294. The second-order valence-electron chi connectivity index (χ2n) is 5.58. The van der Waals surface area contributed by atoms with E-state index in [0.29, 0.717) is 23.1 Å². The molecular formula is C17H26ClNO2. The number of nitrogens with zero attached hydrogens (tertiary/aromatic N) is 1. The number of esters is 1. The molecule has 21 heavy (non-hydrogen) atoms. The number of rotatable bonds is 8. The van der Waals surface area contributed by atoms with Crippen LogP contribution < -0.4 is 4.90 Å². The summed E-state index contributed by atoms with van der Waals surface area (Å²) in [6.07, 6.45) is 4.50. The van der Waals surface area contributed by atoms with Crippen LogP contribution in [0.1, 0.15) is 49.9 Å². The van der Waals surface area contributed by atoms with Gasteiger partial charge in [-0.2, -0.15) is 0 Å². The lowest BCUT2D eigenvalue weighted by atomic mass is 10.0. The fraction of sp³-hybridized carbons (Fsp3) is 0.588. The van der Waals surface area contributed by atoms with Crippen LogP contribution in [0.4, 0.5) is 5.69 Å². The zero-order chi connectivity index (χ0) is 15.8. The topological polar surface area (TPSA) is 29.5 Å². The Morgan fingerprint density at radius 2 is 2.05 bits per heavy atom. The average Bonchev–Trinajstić information content (AvgIpc) is 2.46. The number of hydrogen-bond donors (Lipinski definition) is 0. The molecule has 1 unspecified atom stereocenters. The van der Waals surface area contributed by atoms with Gasteiger partial charge in [-0.3, -0.25) is 0 Å². The van der Waals surface area contributed by atoms with Crippen molar-refractivity contribution < 1.29 is 9.53 Å². The number of benzene rings is 1. The Balaban J connectivity index is 2.61. The molecule has 118 valence electrons. The monoisotopic (exact) mass is 311 g/mol. The van der Waals surface area contributed by atoms with E-state index in [-0.39, 0.29) is 5.97 Å². The third-order valence-corrected chi connectivity index (χ3v) is 3.96. The highest BCUT2D eigenvalue weighted by molar-refractivity contribution is 6.33. The van der Waals surface area contributed by atoms with Crippen LogP contribution in [0, 0.1) is 5.92 Å². The Kier molecular flexibility index (Phi) is 7.58. The normalized spacial score (nSPS) is 12.0. The summed E-state index contributed by atoms with van der Waals surface area (Å²) in [4.78, 5) is 14.0. The van der Waals surface area contributed by atoms with Crippen LogP contribution >= 0.6 is 11.6 Å². The molecule has 0 aromatic heterocycles. The summed E-state index contributed by atoms with van der Waals surface area (Å²) in [6.45, 7) is 4.80. The van der Waals surface area contributed by atoms with Gasteiger partial charge in [0.15, 0.2) is 0 Å². The molecule has 1 aromatic carbocycles. The number of carbonyl (C=O) groups excluding carboxylic acids is 1. The second kappa shape index (κ2) is 8.93. The van der Waals surface area contributed by atoms with Crippen LogP contribution in [0.5, 0.6) is 0 Å². The minimum Gasteiger partial charge on any atom is -0.462 e. The molecule has 0 aliphatic carbocycles. The standard InChI is InChI=1S/C17H26ClNO2/c1-5-7-8-13(6-2)12-21-17(20)14-9-10-16(19(3)4)15(18)11-14/h9-11,13H,5-8,12H2,1-4H3. The summed E-state index contributed by atoms with van der Waals surface area (Å²) < 4.78 is 5.42. The van der Waals surface area contributed by atoms with Crippen LogP contribution in [0.15, 0.2) is 18.2 Å². The van der Waals surface area contributed by atoms with Gasteiger partial charge in [0, 0.05) is 14.1 Å². The molecular weight excluding hydrogens is 286 g/mol. The molecule has 0 spiro atoms. The van der Waals surface area contributed by atoms with Crippen LogP contribution in [0.3, 0.4) is 0 Å². The van der Waals surface area contributed by atoms with Crippen LogP contribution in [0.2, 0.25) is 5.02 Å². The molecule has 0 fully saturated rings. The average molecular weight is 312 g/mol. The van der Waals surface area contributed by atoms with Gasteiger partial charge in [-0.1, -0.05) is 44.7 Å². The molecule has 4 heteroatoms. The third-order valence-electron chi connectivity index (χ3n) is 3.66. The van der Waals surface area contributed by atoms with Gasteiger partial charge in [-0.05, 0) is 30.5 Å². The second-order valence-corrected chi connectivity index (χ2v) is 5.98. The third kappa shape index (κ3) is 5.58. The van der Waals surface area contributed by atoms with Crippen molar-refractivity contribution in [2.45, 2.75) is 39.5 Å². The predicted octanol–water partition coefficient (Wildman–Crippen LogP) is 4.78. The molecule has 0 saturated heterocycles. The van der Waals surface area contributed by atoms with Crippen molar-refractivity contribution in [3.8, 4) is 0 Å². The molecule has 3 nitrogen and oxygen atoms in total. The van der Waals surface area contributed by atoms with Gasteiger partial charge in [0.25, 0.3) is 0 Å². The van der Waals surface area contributed by atoms with Gasteiger partial charge >= 0.3 is 5.97 Å². The van der Waals surface area contributed by atoms with Crippen molar-refractivity contribution in [2.75, 3.05) is 25.6 Å². The molecule has 0 N–H and O–H groups in total. The van der Waals surface area contributed by atoms with Gasteiger partial charge in [0.2, 0.25) is 0 Å². The Morgan fingerprint density at radius 3 is 2.57 bits per heavy atom.